The number of alkyl halides is 1. The van der Waals surface area contributed by atoms with Gasteiger partial charge in [-0.2, -0.15) is 9.97 Å². The van der Waals surface area contributed by atoms with Gasteiger partial charge in [-0.05, 0) is 79.6 Å². The van der Waals surface area contributed by atoms with Gasteiger partial charge in [0.25, 0.3) is 0 Å². The fourth-order valence-electron chi connectivity index (χ4n) is 6.71. The standard InChI is InChI=1S/C33H37FN6O2/c1-4-31(41)40-15-14-39(20-26(40)18-35-2)32-29-13-12-23(28-11-7-9-22-8-5-6-10-27(22)28)16-30(29)36-33(37-32)42-21-25-17-24(34)19-38(25)3/h4,7,9,11-13,16,24-26H,1,5-6,8,10,14-15,17-21H2,3H3/t24-,25+,26+/m1/s1. The third-order valence-electron chi connectivity index (χ3n) is 8.95. The van der Waals surface area contributed by atoms with Gasteiger partial charge in [0.15, 0.2) is 0 Å². The van der Waals surface area contributed by atoms with Gasteiger partial charge in [-0.1, -0.05) is 30.8 Å². The van der Waals surface area contributed by atoms with Crippen molar-refractivity contribution in [2.75, 3.05) is 51.3 Å². The highest BCUT2D eigenvalue weighted by Crippen LogP contribution is 2.35. The number of nitrogens with zero attached hydrogens (tertiary/aromatic N) is 6. The van der Waals surface area contributed by atoms with E-state index in [0.717, 1.165) is 35.1 Å². The Hall–Kier alpha value is -4.03. The van der Waals surface area contributed by atoms with Gasteiger partial charge >= 0.3 is 6.01 Å². The molecule has 8 nitrogen and oxygen atoms in total. The van der Waals surface area contributed by atoms with E-state index in [2.05, 4.69) is 52.7 Å². The first kappa shape index (κ1) is 28.1. The van der Waals surface area contributed by atoms with E-state index in [1.54, 1.807) is 4.90 Å². The maximum Gasteiger partial charge on any atom is 0.319 e. The number of carbonyl (C=O) groups is 1. The number of amides is 1. The second kappa shape index (κ2) is 12.1. The number of benzene rings is 2. The lowest BCUT2D eigenvalue weighted by atomic mass is 9.86. The van der Waals surface area contributed by atoms with Gasteiger partial charge in [-0.15, -0.1) is 0 Å². The predicted octanol–water partition coefficient (Wildman–Crippen LogP) is 4.72. The Morgan fingerprint density at radius 3 is 2.81 bits per heavy atom. The maximum atomic E-state index is 14.0. The molecule has 3 aliphatic rings. The molecule has 0 saturated carbocycles. The molecule has 3 atom stereocenters. The number of likely N-dealkylation sites (N-methyl/N-ethyl adjacent to an activating group) is 1. The minimum atomic E-state index is -0.856. The van der Waals surface area contributed by atoms with Crippen molar-refractivity contribution >= 4 is 22.6 Å². The fourth-order valence-corrected chi connectivity index (χ4v) is 6.71. The minimum Gasteiger partial charge on any atom is -0.462 e. The normalized spacial score (nSPS) is 22.5. The Bertz CT molecular complexity index is 1540. The van der Waals surface area contributed by atoms with Crippen LogP contribution in [-0.4, -0.2) is 90.3 Å². The van der Waals surface area contributed by atoms with Gasteiger partial charge in [0.05, 0.1) is 5.52 Å². The van der Waals surface area contributed by atoms with Crippen LogP contribution >= 0.6 is 0 Å². The molecule has 0 radical (unpaired) electrons. The molecule has 1 amide bonds. The first-order chi connectivity index (χ1) is 20.4. The number of rotatable bonds is 7. The monoisotopic (exact) mass is 568 g/mol. The summed E-state index contributed by atoms with van der Waals surface area (Å²) in [4.78, 5) is 31.7. The van der Waals surface area contributed by atoms with Crippen LogP contribution in [0.2, 0.25) is 0 Å². The number of piperazine rings is 1. The number of fused-ring (bicyclic) bond motifs is 2. The van der Waals surface area contributed by atoms with E-state index < -0.39 is 6.17 Å². The number of hydrogen-bond donors (Lipinski definition) is 0. The number of hydrogen-bond acceptors (Lipinski definition) is 6. The number of aryl methyl sites for hydroxylation is 1. The van der Waals surface area contributed by atoms with Crippen LogP contribution in [0.25, 0.3) is 26.9 Å². The van der Waals surface area contributed by atoms with Crippen molar-refractivity contribution < 1.29 is 13.9 Å². The number of halogens is 1. The average molecular weight is 569 g/mol. The summed E-state index contributed by atoms with van der Waals surface area (Å²) in [6, 6.07) is 12.8. The van der Waals surface area contributed by atoms with Gasteiger partial charge in [0, 0.05) is 37.6 Å². The zero-order valence-corrected chi connectivity index (χ0v) is 24.1. The lowest BCUT2D eigenvalue weighted by Gasteiger charge is -2.39. The molecule has 3 aromatic rings. The molecule has 2 saturated heterocycles. The summed E-state index contributed by atoms with van der Waals surface area (Å²) in [5, 5.41) is 0.891. The molecule has 2 fully saturated rings. The van der Waals surface area contributed by atoms with E-state index in [4.69, 9.17) is 21.3 Å². The van der Waals surface area contributed by atoms with Crippen molar-refractivity contribution in [3.05, 3.63) is 71.6 Å². The molecule has 3 heterocycles. The van der Waals surface area contributed by atoms with E-state index in [0.29, 0.717) is 39.2 Å². The molecular formula is C33H37FN6O2. The summed E-state index contributed by atoms with van der Waals surface area (Å²) < 4.78 is 20.2. The Balaban J connectivity index is 1.38. The van der Waals surface area contributed by atoms with Crippen molar-refractivity contribution in [3.63, 3.8) is 0 Å². The minimum absolute atomic E-state index is 0.0403. The van der Waals surface area contributed by atoms with Crippen molar-refractivity contribution in [1.82, 2.24) is 19.8 Å². The molecule has 6 rings (SSSR count). The smallest absolute Gasteiger partial charge is 0.319 e. The van der Waals surface area contributed by atoms with Crippen molar-refractivity contribution in [2.24, 2.45) is 0 Å². The van der Waals surface area contributed by atoms with Gasteiger partial charge < -0.3 is 19.4 Å². The molecular weight excluding hydrogens is 531 g/mol. The molecule has 1 aliphatic carbocycles. The van der Waals surface area contributed by atoms with Gasteiger partial charge in [0.1, 0.15) is 24.6 Å². The van der Waals surface area contributed by atoms with Crippen LogP contribution in [-0.2, 0) is 17.6 Å². The van der Waals surface area contributed by atoms with Crippen molar-refractivity contribution in [3.8, 4) is 17.1 Å². The van der Waals surface area contributed by atoms with Crippen LogP contribution in [0, 0.1) is 6.57 Å². The quantitative estimate of drug-likeness (QED) is 0.304. The molecule has 1 aromatic heterocycles. The second-order valence-electron chi connectivity index (χ2n) is 11.6. The van der Waals surface area contributed by atoms with Crippen molar-refractivity contribution in [1.29, 1.82) is 0 Å². The lowest BCUT2D eigenvalue weighted by Crippen LogP contribution is -2.56. The molecule has 42 heavy (non-hydrogen) atoms. The van der Waals surface area contributed by atoms with Crippen LogP contribution in [0.4, 0.5) is 10.2 Å². The van der Waals surface area contributed by atoms with E-state index in [9.17, 15) is 9.18 Å². The van der Waals surface area contributed by atoms with E-state index in [1.165, 1.54) is 35.6 Å². The lowest BCUT2D eigenvalue weighted by molar-refractivity contribution is -0.128. The number of likely N-dealkylation sites (tertiary alicyclic amines) is 1. The van der Waals surface area contributed by atoms with Gasteiger partial charge in [-0.25, -0.2) is 11.0 Å². The predicted molar refractivity (Wildman–Crippen MR) is 162 cm³/mol. The first-order valence-electron chi connectivity index (χ1n) is 14.9. The van der Waals surface area contributed by atoms with Crippen LogP contribution in [0.1, 0.15) is 30.4 Å². The zero-order chi connectivity index (χ0) is 29.2. The molecule has 0 bridgehead atoms. The SMILES string of the molecule is [C-]#[N+]C[C@H]1CN(c2nc(OC[C@@H]3C[C@@H](F)CN3C)nc3cc(-c4cccc5c4CCCC5)ccc23)CCN1C(=O)C=C. The maximum absolute atomic E-state index is 14.0. The Morgan fingerprint density at radius 1 is 1.17 bits per heavy atom. The van der Waals surface area contributed by atoms with E-state index in [-0.39, 0.29) is 30.5 Å². The summed E-state index contributed by atoms with van der Waals surface area (Å²) in [7, 11) is 1.91. The third-order valence-corrected chi connectivity index (χ3v) is 8.95. The number of aromatic nitrogens is 2. The summed E-state index contributed by atoms with van der Waals surface area (Å²) >= 11 is 0. The summed E-state index contributed by atoms with van der Waals surface area (Å²) in [5.41, 5.74) is 5.97. The van der Waals surface area contributed by atoms with Crippen LogP contribution < -0.4 is 9.64 Å². The highest BCUT2D eigenvalue weighted by atomic mass is 19.1. The first-order valence-corrected chi connectivity index (χ1v) is 14.9. The van der Waals surface area contributed by atoms with Crippen molar-refractivity contribution in [2.45, 2.75) is 50.4 Å². The largest absolute Gasteiger partial charge is 0.462 e. The topological polar surface area (TPSA) is 66.2 Å². The third kappa shape index (κ3) is 5.56. The molecule has 0 spiro atoms. The second-order valence-corrected chi connectivity index (χ2v) is 11.6. The molecule has 0 N–H and O–H groups in total. The van der Waals surface area contributed by atoms with Crippen LogP contribution in [0.5, 0.6) is 6.01 Å². The Kier molecular flexibility index (Phi) is 8.07. The molecule has 218 valence electrons. The fraction of sp³-hybridized carbons (Fsp3) is 0.455. The highest BCUT2D eigenvalue weighted by Gasteiger charge is 2.34. The van der Waals surface area contributed by atoms with Gasteiger partial charge in [-0.3, -0.25) is 9.69 Å². The number of carbonyl (C=O) groups excluding carboxylic acids is 1. The molecule has 2 aromatic carbocycles. The van der Waals surface area contributed by atoms with Gasteiger partial charge in [0.2, 0.25) is 12.5 Å². The number of anilines is 1. The summed E-state index contributed by atoms with van der Waals surface area (Å²) in [6.07, 6.45) is 5.50. The Labute approximate surface area is 246 Å². The molecule has 9 heteroatoms. The summed E-state index contributed by atoms with van der Waals surface area (Å²) in [5.74, 6) is 0.558. The molecule has 2 aliphatic heterocycles. The van der Waals surface area contributed by atoms with E-state index in [1.807, 2.05) is 11.9 Å². The van der Waals surface area contributed by atoms with E-state index >= 15 is 0 Å². The molecule has 0 unspecified atom stereocenters. The van der Waals surface area contributed by atoms with Crippen LogP contribution in [0.15, 0.2) is 49.1 Å². The van der Waals surface area contributed by atoms with Crippen LogP contribution in [0.3, 0.4) is 0 Å². The summed E-state index contributed by atoms with van der Waals surface area (Å²) in [6.45, 7) is 13.5. The average Bonchev–Trinajstić information content (AvgIpc) is 3.34. The number of ether oxygens (including phenoxy) is 1. The Morgan fingerprint density at radius 2 is 2.02 bits per heavy atom. The highest BCUT2D eigenvalue weighted by molar-refractivity contribution is 5.93. The zero-order valence-electron chi connectivity index (χ0n) is 24.1.